The van der Waals surface area contributed by atoms with E-state index in [2.05, 4.69) is 10.2 Å². The SMILES string of the molecule is Cc1[nH]nc(C2C3CC4CC(C3)CC2C4)c1C(=O)O. The lowest BCUT2D eigenvalue weighted by Crippen LogP contribution is -2.44. The Kier molecular flexibility index (Phi) is 2.32. The van der Waals surface area contributed by atoms with Gasteiger partial charge in [-0.1, -0.05) is 0 Å². The number of hydrogen-bond acceptors (Lipinski definition) is 2. The summed E-state index contributed by atoms with van der Waals surface area (Å²) in [5, 5.41) is 16.7. The summed E-state index contributed by atoms with van der Waals surface area (Å²) in [6, 6.07) is 0. The quantitative estimate of drug-likeness (QED) is 0.859. The molecule has 19 heavy (non-hydrogen) atoms. The smallest absolute Gasteiger partial charge is 0.339 e. The maximum Gasteiger partial charge on any atom is 0.339 e. The highest BCUT2D eigenvalue weighted by molar-refractivity contribution is 5.90. The molecule has 1 aromatic heterocycles. The standard InChI is InChI=1S/C15H20N2O2/c1-7-12(15(18)19)14(17-16-7)13-10-3-8-2-9(5-10)6-11(13)4-8/h8-11,13H,2-6H2,1H3,(H,16,17)(H,18,19). The number of carbonyl (C=O) groups is 1. The number of nitrogens with one attached hydrogen (secondary N) is 1. The number of nitrogens with zero attached hydrogens (tertiary/aromatic N) is 1. The molecule has 4 aliphatic rings. The van der Waals surface area contributed by atoms with Crippen LogP contribution in [-0.2, 0) is 0 Å². The molecule has 4 aliphatic carbocycles. The molecule has 0 atom stereocenters. The third-order valence-corrected chi connectivity index (χ3v) is 5.73. The van der Waals surface area contributed by atoms with Crippen LogP contribution < -0.4 is 0 Å². The van der Waals surface area contributed by atoms with Gasteiger partial charge in [-0.25, -0.2) is 4.79 Å². The van der Waals surface area contributed by atoms with Crippen molar-refractivity contribution in [2.24, 2.45) is 23.7 Å². The summed E-state index contributed by atoms with van der Waals surface area (Å²) in [5.74, 6) is 2.74. The van der Waals surface area contributed by atoms with Crippen molar-refractivity contribution in [1.82, 2.24) is 10.2 Å². The average Bonchev–Trinajstić information content (AvgIpc) is 2.69. The lowest BCUT2D eigenvalue weighted by molar-refractivity contribution is -0.00453. The Labute approximate surface area is 112 Å². The Hall–Kier alpha value is -1.32. The Morgan fingerprint density at radius 2 is 1.74 bits per heavy atom. The second-order valence-corrected chi connectivity index (χ2v) is 6.87. The molecule has 2 N–H and O–H groups in total. The first-order valence-electron chi connectivity index (χ1n) is 7.41. The van der Waals surface area contributed by atoms with Gasteiger partial charge >= 0.3 is 5.97 Å². The zero-order valence-electron chi connectivity index (χ0n) is 11.2. The summed E-state index contributed by atoms with van der Waals surface area (Å²) in [6.07, 6.45) is 6.60. The molecule has 1 heterocycles. The van der Waals surface area contributed by atoms with Crippen molar-refractivity contribution < 1.29 is 9.90 Å². The van der Waals surface area contributed by atoms with E-state index in [1.165, 1.54) is 32.1 Å². The van der Waals surface area contributed by atoms with E-state index in [9.17, 15) is 9.90 Å². The van der Waals surface area contributed by atoms with E-state index in [4.69, 9.17) is 0 Å². The van der Waals surface area contributed by atoms with E-state index >= 15 is 0 Å². The van der Waals surface area contributed by atoms with Gasteiger partial charge in [-0.3, -0.25) is 5.10 Å². The average molecular weight is 260 g/mol. The maximum atomic E-state index is 11.5. The summed E-state index contributed by atoms with van der Waals surface area (Å²) in [4.78, 5) is 11.5. The van der Waals surface area contributed by atoms with E-state index in [1.807, 2.05) is 6.92 Å². The first kappa shape index (κ1) is 11.5. The Morgan fingerprint density at radius 1 is 1.16 bits per heavy atom. The molecule has 1 aromatic rings. The van der Waals surface area contributed by atoms with Crippen LogP contribution in [0.25, 0.3) is 0 Å². The molecule has 0 radical (unpaired) electrons. The topological polar surface area (TPSA) is 66.0 Å². The molecule has 0 amide bonds. The van der Waals surface area contributed by atoms with Crippen molar-refractivity contribution in [1.29, 1.82) is 0 Å². The normalized spacial score (nSPS) is 39.7. The van der Waals surface area contributed by atoms with Gasteiger partial charge in [0.1, 0.15) is 5.56 Å². The molecule has 4 heteroatoms. The molecule has 4 bridgehead atoms. The number of carboxylic acid groups (broad SMARTS) is 1. The van der Waals surface area contributed by atoms with Gasteiger partial charge in [-0.05, 0) is 62.7 Å². The molecule has 0 aromatic carbocycles. The van der Waals surface area contributed by atoms with Gasteiger partial charge in [0.25, 0.3) is 0 Å². The van der Waals surface area contributed by atoms with Crippen molar-refractivity contribution in [3.8, 4) is 0 Å². The highest BCUT2D eigenvalue weighted by Gasteiger charge is 2.50. The highest BCUT2D eigenvalue weighted by Crippen LogP contribution is 2.59. The monoisotopic (exact) mass is 260 g/mol. The summed E-state index contributed by atoms with van der Waals surface area (Å²) >= 11 is 0. The van der Waals surface area contributed by atoms with Crippen molar-refractivity contribution >= 4 is 5.97 Å². The fraction of sp³-hybridized carbons (Fsp3) is 0.733. The van der Waals surface area contributed by atoms with Crippen LogP contribution in [0.5, 0.6) is 0 Å². The number of rotatable bonds is 2. The lowest BCUT2D eigenvalue weighted by atomic mass is 9.51. The predicted molar refractivity (Wildman–Crippen MR) is 70.1 cm³/mol. The van der Waals surface area contributed by atoms with E-state index in [-0.39, 0.29) is 0 Å². The number of H-pyrrole nitrogens is 1. The van der Waals surface area contributed by atoms with Gasteiger partial charge in [0.05, 0.1) is 5.69 Å². The lowest BCUT2D eigenvalue weighted by Gasteiger charge is -2.54. The second kappa shape index (κ2) is 3.84. The van der Waals surface area contributed by atoms with Crippen LogP contribution in [-0.4, -0.2) is 21.3 Å². The van der Waals surface area contributed by atoms with Crippen LogP contribution in [0.2, 0.25) is 0 Å². The third-order valence-electron chi connectivity index (χ3n) is 5.73. The number of aromatic nitrogens is 2. The number of carboxylic acids is 1. The molecule has 4 fully saturated rings. The molecule has 4 saturated carbocycles. The maximum absolute atomic E-state index is 11.5. The van der Waals surface area contributed by atoms with Gasteiger partial charge in [0.2, 0.25) is 0 Å². The van der Waals surface area contributed by atoms with Crippen LogP contribution in [0.15, 0.2) is 0 Å². The molecule has 0 aliphatic heterocycles. The Bertz CT molecular complexity index is 506. The van der Waals surface area contributed by atoms with Crippen molar-refractivity contribution in [2.75, 3.05) is 0 Å². The molecule has 0 spiro atoms. The number of aromatic amines is 1. The number of hydrogen-bond donors (Lipinski definition) is 2. The zero-order chi connectivity index (χ0) is 13.1. The largest absolute Gasteiger partial charge is 0.478 e. The van der Waals surface area contributed by atoms with Gasteiger partial charge in [0, 0.05) is 11.6 Å². The predicted octanol–water partition coefficient (Wildman–Crippen LogP) is 2.96. The van der Waals surface area contributed by atoms with Crippen molar-refractivity contribution in [3.63, 3.8) is 0 Å². The molecule has 4 nitrogen and oxygen atoms in total. The van der Waals surface area contributed by atoms with Crippen LogP contribution in [0, 0.1) is 30.6 Å². The summed E-state index contributed by atoms with van der Waals surface area (Å²) in [5.41, 5.74) is 1.99. The van der Waals surface area contributed by atoms with Crippen LogP contribution in [0.1, 0.15) is 59.8 Å². The molecular formula is C15H20N2O2. The Balaban J connectivity index is 1.75. The minimum atomic E-state index is -0.824. The van der Waals surface area contributed by atoms with Gasteiger partial charge < -0.3 is 5.11 Å². The summed E-state index contributed by atoms with van der Waals surface area (Å²) < 4.78 is 0. The number of aryl methyl sites for hydroxylation is 1. The molecule has 5 rings (SSSR count). The fourth-order valence-electron chi connectivity index (χ4n) is 5.33. The molecule has 102 valence electrons. The number of aromatic carboxylic acids is 1. The molecule has 0 unspecified atom stereocenters. The minimum Gasteiger partial charge on any atom is -0.478 e. The first-order valence-corrected chi connectivity index (χ1v) is 7.41. The van der Waals surface area contributed by atoms with E-state index in [0.717, 1.165) is 17.5 Å². The minimum absolute atomic E-state index is 0.392. The van der Waals surface area contributed by atoms with Gasteiger partial charge in [-0.15, -0.1) is 0 Å². The van der Waals surface area contributed by atoms with Gasteiger partial charge in [0.15, 0.2) is 0 Å². The third kappa shape index (κ3) is 1.58. The highest BCUT2D eigenvalue weighted by atomic mass is 16.4. The molecular weight excluding hydrogens is 240 g/mol. The van der Waals surface area contributed by atoms with Crippen LogP contribution in [0.3, 0.4) is 0 Å². The second-order valence-electron chi connectivity index (χ2n) is 6.87. The van der Waals surface area contributed by atoms with Crippen molar-refractivity contribution in [2.45, 2.75) is 44.9 Å². The summed E-state index contributed by atoms with van der Waals surface area (Å²) in [7, 11) is 0. The van der Waals surface area contributed by atoms with E-state index in [0.29, 0.717) is 29.0 Å². The van der Waals surface area contributed by atoms with Crippen LogP contribution in [0.4, 0.5) is 0 Å². The van der Waals surface area contributed by atoms with Gasteiger partial charge in [-0.2, -0.15) is 5.10 Å². The Morgan fingerprint density at radius 3 is 2.26 bits per heavy atom. The fourth-order valence-corrected chi connectivity index (χ4v) is 5.33. The van der Waals surface area contributed by atoms with Crippen LogP contribution >= 0.6 is 0 Å². The van der Waals surface area contributed by atoms with Crippen molar-refractivity contribution in [3.05, 3.63) is 17.0 Å². The molecule has 0 saturated heterocycles. The van der Waals surface area contributed by atoms with E-state index < -0.39 is 5.97 Å². The zero-order valence-corrected chi connectivity index (χ0v) is 11.2. The summed E-state index contributed by atoms with van der Waals surface area (Å²) in [6.45, 7) is 1.82. The first-order chi connectivity index (χ1) is 9.13. The van der Waals surface area contributed by atoms with E-state index in [1.54, 1.807) is 0 Å².